The van der Waals surface area contributed by atoms with Gasteiger partial charge in [-0.25, -0.2) is 9.37 Å². The van der Waals surface area contributed by atoms with Crippen LogP contribution in [0.4, 0.5) is 4.39 Å². The predicted octanol–water partition coefficient (Wildman–Crippen LogP) is 5.38. The van der Waals surface area contributed by atoms with Crippen LogP contribution in [0.3, 0.4) is 0 Å². The summed E-state index contributed by atoms with van der Waals surface area (Å²) in [6, 6.07) is 8.49. The van der Waals surface area contributed by atoms with Crippen LogP contribution in [0.15, 0.2) is 30.3 Å². The van der Waals surface area contributed by atoms with Gasteiger partial charge in [0, 0.05) is 35.1 Å². The molecule has 0 aliphatic heterocycles. The van der Waals surface area contributed by atoms with Gasteiger partial charge in [0.2, 0.25) is 0 Å². The molecule has 24 heavy (non-hydrogen) atoms. The van der Waals surface area contributed by atoms with Crippen LogP contribution in [0.25, 0.3) is 11.0 Å². The largest absolute Gasteiger partial charge is 0.342 e. The fraction of sp³-hybridized carbons (Fsp3) is 0.235. The SMILES string of the molecule is CC(Cc1nc2cc(Cl)c(F)cc2[nH]1)NCc1cc(Cl)cc(Cl)c1. The number of nitrogens with zero attached hydrogens (tertiary/aromatic N) is 1. The highest BCUT2D eigenvalue weighted by molar-refractivity contribution is 6.34. The molecule has 0 fully saturated rings. The second kappa shape index (κ2) is 7.28. The normalized spacial score (nSPS) is 12.7. The molecule has 0 amide bonds. The summed E-state index contributed by atoms with van der Waals surface area (Å²) in [6.45, 7) is 2.69. The molecule has 1 heterocycles. The van der Waals surface area contributed by atoms with E-state index in [0.29, 0.717) is 34.0 Å². The molecule has 0 saturated carbocycles. The third-order valence-corrected chi connectivity index (χ3v) is 4.38. The molecular formula is C17H15Cl3FN3. The van der Waals surface area contributed by atoms with Crippen LogP contribution in [0.2, 0.25) is 15.1 Å². The molecule has 0 bridgehead atoms. The Hall–Kier alpha value is -1.33. The number of nitrogens with one attached hydrogen (secondary N) is 2. The van der Waals surface area contributed by atoms with Gasteiger partial charge in [-0.05, 0) is 36.8 Å². The van der Waals surface area contributed by atoms with Gasteiger partial charge < -0.3 is 10.3 Å². The molecule has 3 rings (SSSR count). The highest BCUT2D eigenvalue weighted by Crippen LogP contribution is 2.22. The summed E-state index contributed by atoms with van der Waals surface area (Å²) in [6.07, 6.45) is 0.669. The van der Waals surface area contributed by atoms with E-state index in [9.17, 15) is 4.39 Å². The Labute approximate surface area is 154 Å². The highest BCUT2D eigenvalue weighted by atomic mass is 35.5. The van der Waals surface area contributed by atoms with E-state index in [4.69, 9.17) is 34.8 Å². The van der Waals surface area contributed by atoms with Gasteiger partial charge >= 0.3 is 0 Å². The van der Waals surface area contributed by atoms with Crippen LogP contribution in [-0.2, 0) is 13.0 Å². The first kappa shape index (κ1) is 17.5. The monoisotopic (exact) mass is 385 g/mol. The number of fused-ring (bicyclic) bond motifs is 1. The van der Waals surface area contributed by atoms with E-state index in [2.05, 4.69) is 15.3 Å². The maximum Gasteiger partial charge on any atom is 0.144 e. The first-order valence-corrected chi connectivity index (χ1v) is 8.56. The smallest absolute Gasteiger partial charge is 0.144 e. The summed E-state index contributed by atoms with van der Waals surface area (Å²) in [5.74, 6) is 0.319. The third-order valence-electron chi connectivity index (χ3n) is 3.65. The number of aromatic nitrogens is 2. The van der Waals surface area contributed by atoms with Crippen LogP contribution in [0.5, 0.6) is 0 Å². The first-order valence-electron chi connectivity index (χ1n) is 7.42. The lowest BCUT2D eigenvalue weighted by Crippen LogP contribution is -2.28. The van der Waals surface area contributed by atoms with E-state index >= 15 is 0 Å². The lowest BCUT2D eigenvalue weighted by Gasteiger charge is -2.13. The average molecular weight is 387 g/mol. The average Bonchev–Trinajstić information content (AvgIpc) is 2.86. The van der Waals surface area contributed by atoms with Crippen LogP contribution < -0.4 is 5.32 Å². The van der Waals surface area contributed by atoms with Gasteiger partial charge in [0.15, 0.2) is 0 Å². The van der Waals surface area contributed by atoms with Gasteiger partial charge in [0.1, 0.15) is 11.6 Å². The minimum Gasteiger partial charge on any atom is -0.342 e. The maximum absolute atomic E-state index is 13.5. The molecule has 0 radical (unpaired) electrons. The number of benzene rings is 2. The quantitative estimate of drug-likeness (QED) is 0.618. The Morgan fingerprint density at radius 1 is 1.12 bits per heavy atom. The van der Waals surface area contributed by atoms with Crippen molar-refractivity contribution in [2.75, 3.05) is 0 Å². The van der Waals surface area contributed by atoms with Gasteiger partial charge in [-0.1, -0.05) is 34.8 Å². The van der Waals surface area contributed by atoms with Crippen LogP contribution in [0.1, 0.15) is 18.3 Å². The van der Waals surface area contributed by atoms with Crippen molar-refractivity contribution in [3.8, 4) is 0 Å². The van der Waals surface area contributed by atoms with Crippen molar-refractivity contribution >= 4 is 45.8 Å². The second-order valence-electron chi connectivity index (χ2n) is 5.73. The van der Waals surface area contributed by atoms with Gasteiger partial charge in [0.25, 0.3) is 0 Å². The van der Waals surface area contributed by atoms with Crippen molar-refractivity contribution in [2.24, 2.45) is 0 Å². The molecule has 1 aromatic heterocycles. The number of imidazole rings is 1. The molecule has 126 valence electrons. The minimum absolute atomic E-state index is 0.0737. The van der Waals surface area contributed by atoms with Crippen molar-refractivity contribution < 1.29 is 4.39 Å². The number of H-pyrrole nitrogens is 1. The van der Waals surface area contributed by atoms with Crippen molar-refractivity contribution in [2.45, 2.75) is 25.9 Å². The van der Waals surface area contributed by atoms with Gasteiger partial charge in [-0.3, -0.25) is 0 Å². The molecule has 2 aromatic carbocycles. The molecule has 0 spiro atoms. The molecule has 3 nitrogen and oxygen atoms in total. The van der Waals surface area contributed by atoms with Gasteiger partial charge in [-0.2, -0.15) is 0 Å². The fourth-order valence-corrected chi connectivity index (χ4v) is 3.25. The Morgan fingerprint density at radius 3 is 2.54 bits per heavy atom. The van der Waals surface area contributed by atoms with Gasteiger partial charge in [-0.15, -0.1) is 0 Å². The van der Waals surface area contributed by atoms with Crippen LogP contribution >= 0.6 is 34.8 Å². The number of rotatable bonds is 5. The number of hydrogen-bond acceptors (Lipinski definition) is 2. The van der Waals surface area contributed by atoms with Crippen molar-refractivity contribution in [3.05, 3.63) is 62.6 Å². The molecule has 2 N–H and O–H groups in total. The Kier molecular flexibility index (Phi) is 5.30. The zero-order valence-corrected chi connectivity index (χ0v) is 15.1. The zero-order valence-electron chi connectivity index (χ0n) is 12.8. The van der Waals surface area contributed by atoms with E-state index in [0.717, 1.165) is 11.4 Å². The Bertz CT molecular complexity index is 820. The molecule has 0 aliphatic carbocycles. The summed E-state index contributed by atoms with van der Waals surface area (Å²) in [7, 11) is 0. The second-order valence-corrected chi connectivity index (χ2v) is 7.01. The van der Waals surface area contributed by atoms with E-state index in [1.807, 2.05) is 19.1 Å². The summed E-state index contributed by atoms with van der Waals surface area (Å²) in [4.78, 5) is 7.57. The molecule has 3 aromatic rings. The van der Waals surface area contributed by atoms with E-state index < -0.39 is 5.82 Å². The first-order chi connectivity index (χ1) is 11.4. The van der Waals surface area contributed by atoms with E-state index in [1.165, 1.54) is 12.1 Å². The van der Waals surface area contributed by atoms with Crippen LogP contribution in [-0.4, -0.2) is 16.0 Å². The topological polar surface area (TPSA) is 40.7 Å². The minimum atomic E-state index is -0.455. The van der Waals surface area contributed by atoms with E-state index in [-0.39, 0.29) is 11.1 Å². The standard InChI is InChI=1S/C17H15Cl3FN3/c1-9(22-8-10-3-11(18)5-12(19)4-10)2-17-23-15-6-13(20)14(21)7-16(15)24-17/h3-7,9,22H,2,8H2,1H3,(H,23,24). The fourth-order valence-electron chi connectivity index (χ4n) is 2.52. The predicted molar refractivity (Wildman–Crippen MR) is 97.5 cm³/mol. The third kappa shape index (κ3) is 4.19. The van der Waals surface area contributed by atoms with Crippen LogP contribution in [0, 0.1) is 5.82 Å². The van der Waals surface area contributed by atoms with Crippen molar-refractivity contribution in [1.29, 1.82) is 0 Å². The highest BCUT2D eigenvalue weighted by Gasteiger charge is 2.10. The Morgan fingerprint density at radius 2 is 1.83 bits per heavy atom. The Balaban J connectivity index is 1.65. The zero-order chi connectivity index (χ0) is 17.3. The van der Waals surface area contributed by atoms with Gasteiger partial charge in [0.05, 0.1) is 16.1 Å². The summed E-state index contributed by atoms with van der Waals surface area (Å²) in [5.41, 5.74) is 2.31. The summed E-state index contributed by atoms with van der Waals surface area (Å²) < 4.78 is 13.5. The number of aromatic amines is 1. The lowest BCUT2D eigenvalue weighted by atomic mass is 10.2. The number of halogens is 4. The molecule has 0 aliphatic rings. The van der Waals surface area contributed by atoms with Crippen molar-refractivity contribution in [3.63, 3.8) is 0 Å². The van der Waals surface area contributed by atoms with E-state index in [1.54, 1.807) is 6.07 Å². The summed E-state index contributed by atoms with van der Waals surface area (Å²) >= 11 is 17.8. The maximum atomic E-state index is 13.5. The molecule has 0 saturated heterocycles. The molecule has 1 atom stereocenters. The van der Waals surface area contributed by atoms with Crippen molar-refractivity contribution in [1.82, 2.24) is 15.3 Å². The molecular weight excluding hydrogens is 372 g/mol. The number of hydrogen-bond donors (Lipinski definition) is 2. The lowest BCUT2D eigenvalue weighted by molar-refractivity contribution is 0.536. The summed E-state index contributed by atoms with van der Waals surface area (Å²) in [5, 5.41) is 4.69. The molecule has 7 heteroatoms. The molecule has 1 unspecified atom stereocenters.